The summed E-state index contributed by atoms with van der Waals surface area (Å²) < 4.78 is 17.8. The summed E-state index contributed by atoms with van der Waals surface area (Å²) in [4.78, 5) is 7.89. The number of hydrogen-bond acceptors (Lipinski definition) is 3. The van der Waals surface area contributed by atoms with Gasteiger partial charge in [-0.15, -0.1) is 0 Å². The molecule has 0 radical (unpaired) electrons. The van der Waals surface area contributed by atoms with Crippen molar-refractivity contribution in [2.75, 3.05) is 0 Å². The number of aromatic nitrogens is 4. The van der Waals surface area contributed by atoms with E-state index in [1.54, 1.807) is 16.7 Å². The van der Waals surface area contributed by atoms with Crippen LogP contribution in [0.1, 0.15) is 11.4 Å². The van der Waals surface area contributed by atoms with E-state index < -0.39 is 0 Å². The highest BCUT2D eigenvalue weighted by Gasteiger charge is 2.11. The number of imidazole rings is 1. The highest BCUT2D eigenvalue weighted by atomic mass is 32.1. The van der Waals surface area contributed by atoms with Gasteiger partial charge >= 0.3 is 0 Å². The molecular formula is C17H17FN4S2. The first kappa shape index (κ1) is 16.7. The van der Waals surface area contributed by atoms with E-state index >= 15 is 0 Å². The number of hydrogen-bond donors (Lipinski definition) is 1. The summed E-state index contributed by atoms with van der Waals surface area (Å²) in [6, 6.07) is 6.45. The smallest absolute Gasteiger partial charge is 0.182 e. The van der Waals surface area contributed by atoms with E-state index in [2.05, 4.69) is 16.5 Å². The lowest BCUT2D eigenvalue weighted by atomic mass is 10.0. The Kier molecular flexibility index (Phi) is 4.47. The SMILES string of the molecule is C=C(Cc1ccc(F)cc1)Cc1nc2c([nH]1)c(=S)n(C)c(=S)n2C. The second-order valence-electron chi connectivity index (χ2n) is 5.82. The van der Waals surface area contributed by atoms with Crippen molar-refractivity contribution < 1.29 is 4.39 Å². The molecule has 0 aliphatic heterocycles. The van der Waals surface area contributed by atoms with Gasteiger partial charge in [0.15, 0.2) is 10.4 Å². The van der Waals surface area contributed by atoms with E-state index in [1.165, 1.54) is 12.1 Å². The predicted molar refractivity (Wildman–Crippen MR) is 98.7 cm³/mol. The molecule has 0 unspecified atom stereocenters. The van der Waals surface area contributed by atoms with Gasteiger partial charge in [-0.25, -0.2) is 9.37 Å². The Hall–Kier alpha value is -2.12. The first-order valence-corrected chi connectivity index (χ1v) is 8.24. The summed E-state index contributed by atoms with van der Waals surface area (Å²) in [7, 11) is 3.72. The van der Waals surface area contributed by atoms with Crippen LogP contribution in [0.4, 0.5) is 4.39 Å². The number of fused-ring (bicyclic) bond motifs is 1. The Labute approximate surface area is 149 Å². The maximum Gasteiger partial charge on any atom is 0.182 e. The second kappa shape index (κ2) is 6.41. The Balaban J connectivity index is 1.88. The maximum absolute atomic E-state index is 13.0. The lowest BCUT2D eigenvalue weighted by Gasteiger charge is -2.05. The van der Waals surface area contributed by atoms with Gasteiger partial charge in [-0.1, -0.05) is 36.5 Å². The fourth-order valence-electron chi connectivity index (χ4n) is 2.65. The summed E-state index contributed by atoms with van der Waals surface area (Å²) in [5.41, 5.74) is 3.55. The largest absolute Gasteiger partial charge is 0.338 e. The lowest BCUT2D eigenvalue weighted by molar-refractivity contribution is 0.627. The van der Waals surface area contributed by atoms with Crippen molar-refractivity contribution in [1.82, 2.24) is 19.1 Å². The molecule has 0 spiro atoms. The van der Waals surface area contributed by atoms with Crippen molar-refractivity contribution >= 4 is 35.6 Å². The zero-order chi connectivity index (χ0) is 17.4. The van der Waals surface area contributed by atoms with E-state index in [0.717, 1.165) is 28.1 Å². The number of nitrogens with zero attached hydrogens (tertiary/aromatic N) is 3. The van der Waals surface area contributed by atoms with E-state index in [9.17, 15) is 4.39 Å². The average molecular weight is 360 g/mol. The van der Waals surface area contributed by atoms with Crippen molar-refractivity contribution in [3.63, 3.8) is 0 Å². The number of aromatic amines is 1. The fourth-order valence-corrected chi connectivity index (χ4v) is 3.11. The number of allylic oxidation sites excluding steroid dienone is 1. The van der Waals surface area contributed by atoms with Gasteiger partial charge in [0.05, 0.1) is 0 Å². The third-order valence-corrected chi connectivity index (χ3v) is 4.95. The first-order chi connectivity index (χ1) is 11.4. The molecule has 0 atom stereocenters. The van der Waals surface area contributed by atoms with E-state index in [1.807, 2.05) is 18.7 Å². The molecule has 0 amide bonds. The number of aryl methyl sites for hydroxylation is 1. The Bertz CT molecular complexity index is 1040. The molecule has 0 fully saturated rings. The van der Waals surface area contributed by atoms with Crippen LogP contribution in [0.3, 0.4) is 0 Å². The van der Waals surface area contributed by atoms with Gasteiger partial charge in [0.1, 0.15) is 21.8 Å². The molecular weight excluding hydrogens is 343 g/mol. The molecule has 1 N–H and O–H groups in total. The van der Waals surface area contributed by atoms with Crippen LogP contribution < -0.4 is 0 Å². The van der Waals surface area contributed by atoms with Gasteiger partial charge in [0.2, 0.25) is 0 Å². The standard InChI is InChI=1S/C17H17FN4S2/c1-10(8-11-4-6-12(18)7-5-11)9-13-19-14-15(20-13)21(2)17(24)22(3)16(14)23/h4-7H,1,8-9H2,2-3H3,(H,19,20). The van der Waals surface area contributed by atoms with Gasteiger partial charge in [-0.05, 0) is 36.3 Å². The molecule has 0 saturated heterocycles. The van der Waals surface area contributed by atoms with Crippen LogP contribution in [-0.2, 0) is 26.9 Å². The van der Waals surface area contributed by atoms with E-state index in [-0.39, 0.29) is 5.82 Å². The van der Waals surface area contributed by atoms with Crippen LogP contribution in [0.15, 0.2) is 36.4 Å². The number of H-pyrrole nitrogens is 1. The molecule has 124 valence electrons. The van der Waals surface area contributed by atoms with Crippen LogP contribution in [0.5, 0.6) is 0 Å². The molecule has 1 aromatic carbocycles. The molecule has 0 saturated carbocycles. The predicted octanol–water partition coefficient (Wildman–Crippen LogP) is 4.18. The average Bonchev–Trinajstić information content (AvgIpc) is 2.97. The van der Waals surface area contributed by atoms with E-state index in [0.29, 0.717) is 22.3 Å². The zero-order valence-electron chi connectivity index (χ0n) is 13.5. The normalized spacial score (nSPS) is 11.1. The third kappa shape index (κ3) is 3.09. The summed E-state index contributed by atoms with van der Waals surface area (Å²) in [5.74, 6) is 0.555. The van der Waals surface area contributed by atoms with Crippen LogP contribution >= 0.6 is 24.4 Å². The quantitative estimate of drug-likeness (QED) is 0.560. The molecule has 0 bridgehead atoms. The number of benzene rings is 1. The summed E-state index contributed by atoms with van der Waals surface area (Å²) >= 11 is 10.8. The third-order valence-electron chi connectivity index (χ3n) is 3.93. The number of rotatable bonds is 4. The summed E-state index contributed by atoms with van der Waals surface area (Å²) in [6.45, 7) is 4.11. The first-order valence-electron chi connectivity index (χ1n) is 7.42. The zero-order valence-corrected chi connectivity index (χ0v) is 15.1. The molecule has 3 aromatic rings. The highest BCUT2D eigenvalue weighted by molar-refractivity contribution is 7.72. The molecule has 24 heavy (non-hydrogen) atoms. The molecule has 2 heterocycles. The molecule has 0 aliphatic rings. The lowest BCUT2D eigenvalue weighted by Crippen LogP contribution is -2.05. The molecule has 7 heteroatoms. The van der Waals surface area contributed by atoms with Gasteiger partial charge in [-0.3, -0.25) is 0 Å². The number of nitrogens with one attached hydrogen (secondary N) is 1. The molecule has 2 aromatic heterocycles. The monoisotopic (exact) mass is 360 g/mol. The van der Waals surface area contributed by atoms with E-state index in [4.69, 9.17) is 24.4 Å². The van der Waals surface area contributed by atoms with Gasteiger partial charge in [-0.2, -0.15) is 0 Å². The molecule has 3 rings (SSSR count). The maximum atomic E-state index is 13.0. The number of halogens is 1. The fraction of sp³-hybridized carbons (Fsp3) is 0.235. The van der Waals surface area contributed by atoms with Gasteiger partial charge in [0, 0.05) is 20.5 Å². The highest BCUT2D eigenvalue weighted by Crippen LogP contribution is 2.17. The van der Waals surface area contributed by atoms with Gasteiger partial charge in [0.25, 0.3) is 0 Å². The van der Waals surface area contributed by atoms with Gasteiger partial charge < -0.3 is 14.1 Å². The van der Waals surface area contributed by atoms with Crippen molar-refractivity contribution in [2.24, 2.45) is 14.1 Å². The van der Waals surface area contributed by atoms with Crippen molar-refractivity contribution in [3.05, 3.63) is 63.0 Å². The minimum Gasteiger partial charge on any atom is -0.338 e. The van der Waals surface area contributed by atoms with Crippen molar-refractivity contribution in [3.8, 4) is 0 Å². The van der Waals surface area contributed by atoms with Crippen LogP contribution in [0.25, 0.3) is 11.2 Å². The topological polar surface area (TPSA) is 38.5 Å². The minimum absolute atomic E-state index is 0.236. The van der Waals surface area contributed by atoms with Crippen LogP contribution in [0.2, 0.25) is 0 Å². The Morgan fingerprint density at radius 3 is 2.50 bits per heavy atom. The Morgan fingerprint density at radius 1 is 1.17 bits per heavy atom. The molecule has 4 nitrogen and oxygen atoms in total. The van der Waals surface area contributed by atoms with Crippen molar-refractivity contribution in [2.45, 2.75) is 12.8 Å². The van der Waals surface area contributed by atoms with Crippen LogP contribution in [0, 0.1) is 15.2 Å². The second-order valence-corrected chi connectivity index (χ2v) is 6.57. The van der Waals surface area contributed by atoms with Crippen LogP contribution in [-0.4, -0.2) is 19.1 Å². The molecule has 0 aliphatic carbocycles. The summed E-state index contributed by atoms with van der Waals surface area (Å²) in [6.07, 6.45) is 1.27. The summed E-state index contributed by atoms with van der Waals surface area (Å²) in [5, 5.41) is 0. The van der Waals surface area contributed by atoms with Crippen molar-refractivity contribution in [1.29, 1.82) is 0 Å². The minimum atomic E-state index is -0.236. The Morgan fingerprint density at radius 2 is 1.83 bits per heavy atom.